The smallest absolute Gasteiger partial charge is 0.316 e. The van der Waals surface area contributed by atoms with Gasteiger partial charge in [-0.1, -0.05) is 16.8 Å². The van der Waals surface area contributed by atoms with Crippen LogP contribution in [0, 0.1) is 18.6 Å². The SMILES string of the molecule is COc1ncc(C(=O)NC2(C(=O)NCCc3ncc(-c4cc(Cl)cc(F)c4-c4noc(C)n4)cc3F)COC2)cn1. The second-order valence-electron chi connectivity index (χ2n) is 9.09. The Labute approximate surface area is 236 Å². The highest BCUT2D eigenvalue weighted by Gasteiger charge is 2.47. The van der Waals surface area contributed by atoms with Crippen LogP contribution >= 0.6 is 11.6 Å². The molecule has 12 nitrogen and oxygen atoms in total. The van der Waals surface area contributed by atoms with Gasteiger partial charge in [-0.3, -0.25) is 14.6 Å². The van der Waals surface area contributed by atoms with Gasteiger partial charge in [0.1, 0.15) is 11.6 Å². The summed E-state index contributed by atoms with van der Waals surface area (Å²) in [6.07, 6.45) is 3.94. The minimum Gasteiger partial charge on any atom is -0.467 e. The first kappa shape index (κ1) is 28.0. The molecule has 2 N–H and O–H groups in total. The van der Waals surface area contributed by atoms with E-state index in [4.69, 9.17) is 25.6 Å². The number of hydrogen-bond acceptors (Lipinski definition) is 10. The Morgan fingerprint density at radius 2 is 1.85 bits per heavy atom. The predicted molar refractivity (Wildman–Crippen MR) is 139 cm³/mol. The highest BCUT2D eigenvalue weighted by molar-refractivity contribution is 6.31. The van der Waals surface area contributed by atoms with Gasteiger partial charge in [0.25, 0.3) is 11.8 Å². The van der Waals surface area contributed by atoms with Gasteiger partial charge in [-0.2, -0.15) is 4.98 Å². The lowest BCUT2D eigenvalue weighted by atomic mass is 9.95. The molecule has 0 saturated carbocycles. The third-order valence-electron chi connectivity index (χ3n) is 6.24. The van der Waals surface area contributed by atoms with Gasteiger partial charge in [-0.15, -0.1) is 0 Å². The number of nitrogens with zero attached hydrogens (tertiary/aromatic N) is 5. The van der Waals surface area contributed by atoms with Crippen molar-refractivity contribution in [1.29, 1.82) is 0 Å². The molecule has 0 unspecified atom stereocenters. The summed E-state index contributed by atoms with van der Waals surface area (Å²) in [5.41, 5.74) is -0.645. The molecule has 3 aromatic heterocycles. The second-order valence-corrected chi connectivity index (χ2v) is 9.53. The van der Waals surface area contributed by atoms with Crippen molar-refractivity contribution in [3.63, 3.8) is 0 Å². The zero-order chi connectivity index (χ0) is 29.1. The van der Waals surface area contributed by atoms with Crippen LogP contribution in [0.25, 0.3) is 22.5 Å². The number of amides is 2. The number of carbonyl (C=O) groups is 2. The number of nitrogens with one attached hydrogen (secondary N) is 2. The zero-order valence-corrected chi connectivity index (χ0v) is 22.5. The molecule has 1 aliphatic rings. The lowest BCUT2D eigenvalue weighted by Crippen LogP contribution is -2.70. The normalized spacial score (nSPS) is 13.8. The molecule has 0 bridgehead atoms. The van der Waals surface area contributed by atoms with Crippen molar-refractivity contribution in [2.24, 2.45) is 0 Å². The molecule has 41 heavy (non-hydrogen) atoms. The molecular formula is C26H22ClF2N7O5. The van der Waals surface area contributed by atoms with Gasteiger partial charge in [0.2, 0.25) is 11.7 Å². The Morgan fingerprint density at radius 1 is 1.10 bits per heavy atom. The molecule has 0 aliphatic carbocycles. The van der Waals surface area contributed by atoms with E-state index in [1.165, 1.54) is 37.8 Å². The molecule has 1 saturated heterocycles. The quantitative estimate of drug-likeness (QED) is 0.299. The average molecular weight is 586 g/mol. The van der Waals surface area contributed by atoms with E-state index in [9.17, 15) is 14.0 Å². The maximum atomic E-state index is 15.1. The van der Waals surface area contributed by atoms with E-state index >= 15 is 4.39 Å². The maximum Gasteiger partial charge on any atom is 0.316 e. The summed E-state index contributed by atoms with van der Waals surface area (Å²) in [5, 5.41) is 9.19. The first-order valence-electron chi connectivity index (χ1n) is 12.2. The van der Waals surface area contributed by atoms with Crippen LogP contribution in [0.1, 0.15) is 21.9 Å². The largest absolute Gasteiger partial charge is 0.467 e. The van der Waals surface area contributed by atoms with Crippen LogP contribution in [0.5, 0.6) is 6.01 Å². The van der Waals surface area contributed by atoms with Crippen LogP contribution < -0.4 is 15.4 Å². The lowest BCUT2D eigenvalue weighted by molar-refractivity contribution is -0.146. The van der Waals surface area contributed by atoms with E-state index in [1.807, 2.05) is 0 Å². The average Bonchev–Trinajstić information content (AvgIpc) is 3.36. The first-order chi connectivity index (χ1) is 19.7. The number of methoxy groups -OCH3 is 1. The fraction of sp³-hybridized carbons (Fsp3) is 0.269. The molecule has 1 aliphatic heterocycles. The first-order valence-corrected chi connectivity index (χ1v) is 12.6. The van der Waals surface area contributed by atoms with Crippen LogP contribution in [0.2, 0.25) is 5.02 Å². The predicted octanol–water partition coefficient (Wildman–Crippen LogP) is 2.69. The Balaban J connectivity index is 1.25. The Hall–Kier alpha value is -4.56. The summed E-state index contributed by atoms with van der Waals surface area (Å²) in [7, 11) is 1.39. The van der Waals surface area contributed by atoms with Crippen molar-refractivity contribution in [3.05, 3.63) is 70.6 Å². The number of aryl methyl sites for hydroxylation is 1. The summed E-state index contributed by atoms with van der Waals surface area (Å²) in [6, 6.07) is 3.83. The number of aromatic nitrogens is 5. The van der Waals surface area contributed by atoms with Gasteiger partial charge in [-0.25, -0.2) is 18.7 Å². The minimum absolute atomic E-state index is 0.0104. The van der Waals surface area contributed by atoms with Crippen LogP contribution in [0.4, 0.5) is 8.78 Å². The molecule has 4 aromatic rings. The zero-order valence-electron chi connectivity index (χ0n) is 21.7. The summed E-state index contributed by atoms with van der Waals surface area (Å²) in [6.45, 7) is 1.50. The summed E-state index contributed by atoms with van der Waals surface area (Å²) < 4.78 is 44.9. The van der Waals surface area contributed by atoms with Gasteiger partial charge in [0.05, 0.1) is 37.1 Å². The lowest BCUT2D eigenvalue weighted by Gasteiger charge is -2.40. The number of pyridine rings is 1. The summed E-state index contributed by atoms with van der Waals surface area (Å²) >= 11 is 6.06. The number of benzene rings is 1. The fourth-order valence-corrected chi connectivity index (χ4v) is 4.29. The molecule has 2 amide bonds. The van der Waals surface area contributed by atoms with Crippen LogP contribution in [0.3, 0.4) is 0 Å². The molecule has 15 heteroatoms. The molecule has 0 radical (unpaired) electrons. The fourth-order valence-electron chi connectivity index (χ4n) is 4.09. The van der Waals surface area contributed by atoms with E-state index in [0.29, 0.717) is 0 Å². The van der Waals surface area contributed by atoms with Crippen molar-refractivity contribution in [2.45, 2.75) is 18.9 Å². The van der Waals surface area contributed by atoms with Crippen LogP contribution in [-0.2, 0) is 16.0 Å². The van der Waals surface area contributed by atoms with Crippen molar-refractivity contribution >= 4 is 23.4 Å². The molecule has 4 heterocycles. The third-order valence-corrected chi connectivity index (χ3v) is 6.46. The van der Waals surface area contributed by atoms with Crippen molar-refractivity contribution < 1.29 is 32.4 Å². The van der Waals surface area contributed by atoms with Gasteiger partial charge in [-0.05, 0) is 23.8 Å². The van der Waals surface area contributed by atoms with Crippen molar-refractivity contribution in [1.82, 2.24) is 35.7 Å². The Kier molecular flexibility index (Phi) is 7.85. The second kappa shape index (κ2) is 11.5. The molecule has 1 fully saturated rings. The molecular weight excluding hydrogens is 564 g/mol. The monoisotopic (exact) mass is 585 g/mol. The summed E-state index contributed by atoms with van der Waals surface area (Å²) in [5.74, 6) is -2.24. The van der Waals surface area contributed by atoms with Crippen molar-refractivity contribution in [2.75, 3.05) is 26.9 Å². The van der Waals surface area contributed by atoms with E-state index in [2.05, 4.69) is 35.7 Å². The van der Waals surface area contributed by atoms with E-state index in [-0.39, 0.29) is 76.9 Å². The Morgan fingerprint density at radius 3 is 2.46 bits per heavy atom. The van der Waals surface area contributed by atoms with E-state index in [0.717, 1.165) is 6.07 Å². The highest BCUT2D eigenvalue weighted by atomic mass is 35.5. The number of rotatable bonds is 9. The third kappa shape index (κ3) is 5.83. The molecule has 0 atom stereocenters. The van der Waals surface area contributed by atoms with E-state index < -0.39 is 29.0 Å². The van der Waals surface area contributed by atoms with Crippen LogP contribution in [0.15, 0.2) is 41.3 Å². The number of carbonyl (C=O) groups excluding carboxylic acids is 2. The molecule has 1 aromatic carbocycles. The van der Waals surface area contributed by atoms with Gasteiger partial charge < -0.3 is 24.6 Å². The minimum atomic E-state index is -1.30. The maximum absolute atomic E-state index is 15.1. The standard InChI is InChI=1S/C26H22ClF2N7O5/c1-13-34-22(36-41-13)21-17(6-16(27)7-19(21)29)14-5-18(28)20(31-8-14)3-4-30-24(38)26(11-40-12-26)35-23(37)15-9-32-25(39-2)33-10-15/h5-10H,3-4,11-12H2,1-2H3,(H,30,38)(H,35,37). The van der Waals surface area contributed by atoms with Crippen molar-refractivity contribution in [3.8, 4) is 28.5 Å². The highest BCUT2D eigenvalue weighted by Crippen LogP contribution is 2.35. The topological polar surface area (TPSA) is 154 Å². The molecule has 212 valence electrons. The van der Waals surface area contributed by atoms with Crippen LogP contribution in [-0.4, -0.2) is 69.3 Å². The number of ether oxygens (including phenoxy) is 2. The number of hydrogen-bond donors (Lipinski definition) is 2. The molecule has 0 spiro atoms. The van der Waals surface area contributed by atoms with Gasteiger partial charge in [0, 0.05) is 49.1 Å². The van der Waals surface area contributed by atoms with Gasteiger partial charge in [0.15, 0.2) is 5.54 Å². The van der Waals surface area contributed by atoms with Gasteiger partial charge >= 0.3 is 6.01 Å². The molecule has 5 rings (SSSR count). The summed E-state index contributed by atoms with van der Waals surface area (Å²) in [4.78, 5) is 41.6. The Bertz CT molecular complexity index is 1610. The number of halogens is 3. The van der Waals surface area contributed by atoms with E-state index in [1.54, 1.807) is 6.92 Å².